The van der Waals surface area contributed by atoms with Gasteiger partial charge >= 0.3 is 0 Å². The first-order chi connectivity index (χ1) is 12.0. The van der Waals surface area contributed by atoms with Gasteiger partial charge < -0.3 is 21.4 Å². The van der Waals surface area contributed by atoms with E-state index < -0.39 is 0 Å². The van der Waals surface area contributed by atoms with Crippen molar-refractivity contribution < 1.29 is 0 Å². The number of rotatable bonds is 2. The fourth-order valence-electron chi connectivity index (χ4n) is 2.58. The van der Waals surface area contributed by atoms with Gasteiger partial charge in [-0.1, -0.05) is 11.8 Å². The third-order valence-electron chi connectivity index (χ3n) is 3.70. The Hall–Kier alpha value is -2.49. The van der Waals surface area contributed by atoms with Crippen molar-refractivity contribution in [3.63, 3.8) is 0 Å². The van der Waals surface area contributed by atoms with Crippen molar-refractivity contribution in [2.24, 2.45) is 0 Å². The van der Waals surface area contributed by atoms with Crippen LogP contribution in [0.2, 0.25) is 0 Å². The Morgan fingerprint density at radius 2 is 1.20 bits per heavy atom. The molecule has 0 atom stereocenters. The molecule has 6 nitrogen and oxygen atoms in total. The fourth-order valence-corrected chi connectivity index (χ4v) is 3.89. The lowest BCUT2D eigenvalue weighted by atomic mass is 10.2. The van der Waals surface area contributed by atoms with Gasteiger partial charge in [-0.15, -0.1) is 0 Å². The lowest BCUT2D eigenvalue weighted by molar-refractivity contribution is 1.19. The maximum Gasteiger partial charge on any atom is 0.199 e. The molecule has 0 aliphatic carbocycles. The van der Waals surface area contributed by atoms with Crippen molar-refractivity contribution in [1.29, 1.82) is 0 Å². The first-order valence-corrected chi connectivity index (χ1v) is 8.90. The predicted octanol–water partition coefficient (Wildman–Crippen LogP) is 4.21. The molecule has 0 aliphatic rings. The van der Waals surface area contributed by atoms with Gasteiger partial charge in [0.25, 0.3) is 0 Å². The average molecular weight is 385 g/mol. The maximum atomic E-state index is 5.98. The molecule has 25 heavy (non-hydrogen) atoms. The summed E-state index contributed by atoms with van der Waals surface area (Å²) in [5.74, 6) is 0.835. The van der Waals surface area contributed by atoms with Crippen LogP contribution in [0, 0.1) is 9.54 Å². The minimum absolute atomic E-state index is 0.375. The zero-order chi connectivity index (χ0) is 17.6. The van der Waals surface area contributed by atoms with Gasteiger partial charge in [0, 0.05) is 20.6 Å². The van der Waals surface area contributed by atoms with Gasteiger partial charge in [0.05, 0.1) is 11.0 Å². The molecular weight excluding hydrogens is 372 g/mol. The van der Waals surface area contributed by atoms with E-state index in [1.54, 1.807) is 11.8 Å². The van der Waals surface area contributed by atoms with Crippen LogP contribution in [0.25, 0.3) is 21.8 Å². The molecule has 0 spiro atoms. The van der Waals surface area contributed by atoms with Crippen LogP contribution in [0.4, 0.5) is 11.6 Å². The molecule has 0 fully saturated rings. The topological polar surface area (TPSA) is 109 Å². The number of aromatic amines is 2. The molecule has 2 heterocycles. The van der Waals surface area contributed by atoms with E-state index in [-0.39, 0.29) is 0 Å². The van der Waals surface area contributed by atoms with Crippen molar-refractivity contribution in [3.8, 4) is 0 Å². The summed E-state index contributed by atoms with van der Waals surface area (Å²) in [4.78, 5) is 16.3. The van der Waals surface area contributed by atoms with E-state index in [1.807, 2.05) is 36.4 Å². The Kier molecular flexibility index (Phi) is 3.91. The number of nitrogens with one attached hydrogen (secondary N) is 2. The average Bonchev–Trinajstić information content (AvgIpc) is 2.56. The van der Waals surface area contributed by atoms with Crippen molar-refractivity contribution >= 4 is 69.6 Å². The Balaban J connectivity index is 1.77. The number of hydrogen-bond acceptors (Lipinski definition) is 7. The van der Waals surface area contributed by atoms with E-state index >= 15 is 0 Å². The van der Waals surface area contributed by atoms with Gasteiger partial charge in [-0.3, -0.25) is 0 Å². The highest BCUT2D eigenvalue weighted by Crippen LogP contribution is 2.33. The van der Waals surface area contributed by atoms with Crippen molar-refractivity contribution in [3.05, 3.63) is 45.9 Å². The molecule has 0 saturated heterocycles. The maximum absolute atomic E-state index is 5.98. The van der Waals surface area contributed by atoms with Crippen molar-refractivity contribution in [1.82, 2.24) is 19.9 Å². The molecule has 0 amide bonds. The summed E-state index contributed by atoms with van der Waals surface area (Å²) in [6, 6.07) is 11.9. The molecule has 0 saturated carbocycles. The Morgan fingerprint density at radius 3 is 1.64 bits per heavy atom. The predicted molar refractivity (Wildman–Crippen MR) is 107 cm³/mol. The van der Waals surface area contributed by atoms with Crippen LogP contribution in [-0.4, -0.2) is 19.9 Å². The van der Waals surface area contributed by atoms with E-state index in [1.165, 1.54) is 0 Å². The largest absolute Gasteiger partial charge is 0.383 e. The van der Waals surface area contributed by atoms with E-state index in [4.69, 9.17) is 35.9 Å². The molecule has 6 N–H and O–H groups in total. The highest BCUT2D eigenvalue weighted by Gasteiger charge is 2.06. The number of H-pyrrole nitrogens is 2. The number of nitrogen functional groups attached to an aromatic ring is 2. The van der Waals surface area contributed by atoms with Crippen molar-refractivity contribution in [2.75, 3.05) is 11.5 Å². The van der Waals surface area contributed by atoms with E-state index in [2.05, 4.69) is 19.9 Å². The lowest BCUT2D eigenvalue weighted by Gasteiger charge is -2.07. The van der Waals surface area contributed by atoms with Crippen molar-refractivity contribution in [2.45, 2.75) is 9.79 Å². The lowest BCUT2D eigenvalue weighted by Crippen LogP contribution is -1.95. The van der Waals surface area contributed by atoms with Gasteiger partial charge in [-0.2, -0.15) is 0 Å². The summed E-state index contributed by atoms with van der Waals surface area (Å²) < 4.78 is 0.750. The number of aromatic nitrogens is 4. The second kappa shape index (κ2) is 6.10. The van der Waals surface area contributed by atoms with E-state index in [9.17, 15) is 0 Å². The molecule has 4 rings (SSSR count). The normalized spacial score (nSPS) is 11.2. The molecule has 124 valence electrons. The third-order valence-corrected chi connectivity index (χ3v) is 5.06. The number of fused-ring (bicyclic) bond motifs is 2. The standard InChI is InChI=1S/C16H12N6S3/c17-13-9-5-7(1-3-11(9)19-15(23)21-13)25-8-2-4-12-10(6-8)14(18)22-16(24)20-12/h1-6H,(H3,17,19,21,23)(H3,18,20,22,24). The molecule has 0 aliphatic heterocycles. The zero-order valence-electron chi connectivity index (χ0n) is 12.7. The highest BCUT2D eigenvalue weighted by molar-refractivity contribution is 7.99. The minimum Gasteiger partial charge on any atom is -0.383 e. The number of hydrogen-bond donors (Lipinski definition) is 4. The number of benzene rings is 2. The number of nitrogens with two attached hydrogens (primary N) is 2. The summed E-state index contributed by atoms with van der Waals surface area (Å²) in [7, 11) is 0. The zero-order valence-corrected chi connectivity index (χ0v) is 15.2. The van der Waals surface area contributed by atoms with Gasteiger partial charge in [0.1, 0.15) is 11.6 Å². The summed E-state index contributed by atoms with van der Waals surface area (Å²) in [6.07, 6.45) is 0. The van der Waals surface area contributed by atoms with E-state index in [0.717, 1.165) is 31.6 Å². The minimum atomic E-state index is 0.375. The Labute approximate surface area is 156 Å². The SMILES string of the molecule is Nc1nc(=S)[nH]c2ccc(Sc3ccc4[nH]c(=S)nc(N)c4c3)cc12. The molecule has 9 heteroatoms. The third kappa shape index (κ3) is 3.09. The number of nitrogens with zero attached hydrogens (tertiary/aromatic N) is 2. The second-order valence-corrected chi connectivity index (χ2v) is 7.29. The smallest absolute Gasteiger partial charge is 0.199 e. The van der Waals surface area contributed by atoms with Crippen LogP contribution >= 0.6 is 36.2 Å². The van der Waals surface area contributed by atoms with Crippen LogP contribution in [0.5, 0.6) is 0 Å². The highest BCUT2D eigenvalue weighted by atomic mass is 32.2. The molecule has 0 bridgehead atoms. The quantitative estimate of drug-likeness (QED) is 0.383. The summed E-state index contributed by atoms with van der Waals surface area (Å²) in [5.41, 5.74) is 13.7. The Morgan fingerprint density at radius 1 is 0.760 bits per heavy atom. The molecule has 2 aromatic heterocycles. The van der Waals surface area contributed by atoms with Gasteiger partial charge in [-0.05, 0) is 60.8 Å². The molecule has 0 unspecified atom stereocenters. The van der Waals surface area contributed by atoms with E-state index in [0.29, 0.717) is 21.2 Å². The molecule has 0 radical (unpaired) electrons. The van der Waals surface area contributed by atoms with Gasteiger partial charge in [0.15, 0.2) is 9.54 Å². The monoisotopic (exact) mass is 384 g/mol. The van der Waals surface area contributed by atoms with Crippen LogP contribution in [-0.2, 0) is 0 Å². The molecule has 4 aromatic rings. The van der Waals surface area contributed by atoms with Crippen LogP contribution in [0.1, 0.15) is 0 Å². The molecular formula is C16H12N6S3. The summed E-state index contributed by atoms with van der Waals surface area (Å²) in [6.45, 7) is 0. The van der Waals surface area contributed by atoms with Crippen LogP contribution < -0.4 is 11.5 Å². The van der Waals surface area contributed by atoms with Gasteiger partial charge in [-0.25, -0.2) is 9.97 Å². The van der Waals surface area contributed by atoms with Crippen LogP contribution in [0.15, 0.2) is 46.2 Å². The van der Waals surface area contributed by atoms with Gasteiger partial charge in [0.2, 0.25) is 0 Å². The molecule has 2 aromatic carbocycles. The second-order valence-electron chi connectivity index (χ2n) is 5.37. The summed E-state index contributed by atoms with van der Waals surface area (Å²) >= 11 is 11.7. The van der Waals surface area contributed by atoms with Crippen LogP contribution in [0.3, 0.4) is 0 Å². The first kappa shape index (κ1) is 16.0. The number of anilines is 2. The summed E-state index contributed by atoms with van der Waals surface area (Å²) in [5, 5.41) is 1.68. The first-order valence-electron chi connectivity index (χ1n) is 7.26. The Bertz CT molecular complexity index is 1150. The fraction of sp³-hybridized carbons (Fsp3) is 0.